The summed E-state index contributed by atoms with van der Waals surface area (Å²) < 4.78 is 69.8. The highest BCUT2D eigenvalue weighted by molar-refractivity contribution is 7.90. The lowest BCUT2D eigenvalue weighted by Crippen LogP contribution is -2.56. The average Bonchev–Trinajstić information content (AvgIpc) is 2.91. The number of benzene rings is 2. The van der Waals surface area contributed by atoms with E-state index in [9.17, 15) is 26.4 Å². The molecule has 0 saturated carbocycles. The molecular formula is C28H24N2O8S2. The first-order valence-corrected chi connectivity index (χ1v) is 14.7. The Bertz CT molecular complexity index is 1560. The topological polar surface area (TPSA) is 146 Å². The SMILES string of the molecule is CC(=O)OC1(C2(OC(C)=O)C=CC(=NS(=O)(=O)c3ccccc3)C=C2)C=CC(=NS(=O)(=O)c2ccccc2)C=C1. The number of carbonyl (C=O) groups excluding carboxylic acids is 2. The lowest BCUT2D eigenvalue weighted by Gasteiger charge is -2.43. The minimum atomic E-state index is -4.04. The molecule has 0 amide bonds. The smallest absolute Gasteiger partial charge is 0.303 e. The molecule has 0 N–H and O–H groups in total. The van der Waals surface area contributed by atoms with Gasteiger partial charge < -0.3 is 9.47 Å². The van der Waals surface area contributed by atoms with Crippen molar-refractivity contribution in [1.29, 1.82) is 0 Å². The first kappa shape index (κ1) is 28.6. The maximum Gasteiger partial charge on any atom is 0.303 e. The van der Waals surface area contributed by atoms with Crippen LogP contribution in [0.4, 0.5) is 0 Å². The summed E-state index contributed by atoms with van der Waals surface area (Å²) >= 11 is 0. The van der Waals surface area contributed by atoms with Gasteiger partial charge in [0.15, 0.2) is 11.2 Å². The monoisotopic (exact) mass is 580 g/mol. The summed E-state index contributed by atoms with van der Waals surface area (Å²) in [6.45, 7) is 2.31. The lowest BCUT2D eigenvalue weighted by atomic mass is 9.76. The highest BCUT2D eigenvalue weighted by Gasteiger charge is 2.53. The van der Waals surface area contributed by atoms with Crippen molar-refractivity contribution in [3.05, 3.63) is 109 Å². The van der Waals surface area contributed by atoms with Gasteiger partial charge in [-0.15, -0.1) is 0 Å². The lowest BCUT2D eigenvalue weighted by molar-refractivity contribution is -0.175. The average molecular weight is 581 g/mol. The number of carbonyl (C=O) groups is 2. The molecule has 0 spiro atoms. The third kappa shape index (κ3) is 6.08. The Kier molecular flexibility index (Phi) is 7.85. The van der Waals surface area contributed by atoms with Gasteiger partial charge in [0.1, 0.15) is 0 Å². The molecule has 0 fully saturated rings. The molecule has 206 valence electrons. The van der Waals surface area contributed by atoms with Gasteiger partial charge in [-0.1, -0.05) is 36.4 Å². The van der Waals surface area contributed by atoms with E-state index in [-0.39, 0.29) is 21.2 Å². The summed E-state index contributed by atoms with van der Waals surface area (Å²) in [5.41, 5.74) is -3.47. The van der Waals surface area contributed by atoms with E-state index in [0.717, 1.165) is 13.8 Å². The van der Waals surface area contributed by atoms with Crippen molar-refractivity contribution in [1.82, 2.24) is 0 Å². The molecule has 10 nitrogen and oxygen atoms in total. The molecule has 40 heavy (non-hydrogen) atoms. The highest BCUT2D eigenvalue weighted by Crippen LogP contribution is 2.40. The minimum absolute atomic E-state index is 0.00655. The summed E-state index contributed by atoms with van der Waals surface area (Å²) in [5, 5.41) is 0. The molecule has 0 radical (unpaired) electrons. The molecule has 0 heterocycles. The second-order valence-corrected chi connectivity index (χ2v) is 11.9. The van der Waals surface area contributed by atoms with E-state index in [2.05, 4.69) is 8.80 Å². The fraction of sp³-hybridized carbons (Fsp3) is 0.143. The summed E-state index contributed by atoms with van der Waals surface area (Å²) in [7, 11) is -8.07. The van der Waals surface area contributed by atoms with Gasteiger partial charge in [0, 0.05) is 13.8 Å². The van der Waals surface area contributed by atoms with E-state index in [1.54, 1.807) is 36.4 Å². The van der Waals surface area contributed by atoms with E-state index in [4.69, 9.17) is 9.47 Å². The molecule has 0 unspecified atom stereocenters. The Morgan fingerprint density at radius 2 is 0.875 bits per heavy atom. The number of hydrogen-bond acceptors (Lipinski definition) is 8. The fourth-order valence-corrected chi connectivity index (χ4v) is 6.05. The van der Waals surface area contributed by atoms with Gasteiger partial charge in [-0.2, -0.15) is 25.6 Å². The van der Waals surface area contributed by atoms with Gasteiger partial charge in [-0.25, -0.2) is 0 Å². The van der Waals surface area contributed by atoms with Crippen LogP contribution in [0, 0.1) is 0 Å². The largest absolute Gasteiger partial charge is 0.446 e. The Hall–Kier alpha value is -4.42. The predicted molar refractivity (Wildman–Crippen MR) is 148 cm³/mol. The summed E-state index contributed by atoms with van der Waals surface area (Å²) in [6.07, 6.45) is 10.6. The molecule has 0 atom stereocenters. The number of nitrogens with zero attached hydrogens (tertiary/aromatic N) is 2. The number of rotatable bonds is 7. The van der Waals surface area contributed by atoms with Crippen LogP contribution in [-0.4, -0.2) is 51.4 Å². The number of ether oxygens (including phenoxy) is 2. The van der Waals surface area contributed by atoms with Crippen LogP contribution in [0.1, 0.15) is 13.8 Å². The fourth-order valence-electron chi connectivity index (χ4n) is 4.04. The highest BCUT2D eigenvalue weighted by atomic mass is 32.2. The summed E-state index contributed by atoms with van der Waals surface area (Å²) in [5.74, 6) is -1.46. The second kappa shape index (κ2) is 11.0. The quantitative estimate of drug-likeness (QED) is 0.453. The second-order valence-electron chi connectivity index (χ2n) is 8.72. The van der Waals surface area contributed by atoms with Crippen molar-refractivity contribution >= 4 is 43.4 Å². The van der Waals surface area contributed by atoms with Crippen LogP contribution in [0.5, 0.6) is 0 Å². The third-order valence-corrected chi connectivity index (χ3v) is 8.41. The normalized spacial score (nSPS) is 22.1. The summed E-state index contributed by atoms with van der Waals surface area (Å²) in [4.78, 5) is 24.4. The van der Waals surface area contributed by atoms with E-state index < -0.39 is 43.2 Å². The van der Waals surface area contributed by atoms with Gasteiger partial charge in [0.05, 0.1) is 21.2 Å². The zero-order valence-electron chi connectivity index (χ0n) is 21.4. The van der Waals surface area contributed by atoms with Crippen LogP contribution in [0.2, 0.25) is 0 Å². The van der Waals surface area contributed by atoms with Crippen LogP contribution in [0.3, 0.4) is 0 Å². The van der Waals surface area contributed by atoms with Crippen molar-refractivity contribution in [3.63, 3.8) is 0 Å². The number of allylic oxidation sites excluding steroid dienone is 4. The maximum atomic E-state index is 12.7. The van der Waals surface area contributed by atoms with Gasteiger partial charge in [-0.05, 0) is 72.9 Å². The van der Waals surface area contributed by atoms with Crippen LogP contribution in [-0.2, 0) is 39.1 Å². The molecule has 12 heteroatoms. The Morgan fingerprint density at radius 1 is 0.575 bits per heavy atom. The molecule has 0 aromatic heterocycles. The van der Waals surface area contributed by atoms with E-state index in [0.29, 0.717) is 0 Å². The molecule has 2 aliphatic carbocycles. The van der Waals surface area contributed by atoms with Gasteiger partial charge in [-0.3, -0.25) is 9.59 Å². The maximum absolute atomic E-state index is 12.7. The predicted octanol–water partition coefficient (Wildman–Crippen LogP) is 3.50. The van der Waals surface area contributed by atoms with E-state index in [1.165, 1.54) is 72.9 Å². The first-order chi connectivity index (χ1) is 18.9. The van der Waals surface area contributed by atoms with Crippen LogP contribution < -0.4 is 0 Å². The summed E-state index contributed by atoms with van der Waals surface area (Å²) in [6, 6.07) is 15.2. The molecular weight excluding hydrogens is 556 g/mol. The minimum Gasteiger partial charge on any atom is -0.446 e. The Labute approximate surface area is 231 Å². The van der Waals surface area contributed by atoms with Crippen LogP contribution in [0.15, 0.2) is 128 Å². The first-order valence-electron chi connectivity index (χ1n) is 11.8. The van der Waals surface area contributed by atoms with Crippen LogP contribution in [0.25, 0.3) is 0 Å². The molecule has 0 aliphatic heterocycles. The van der Waals surface area contributed by atoms with Crippen molar-refractivity contribution in [2.45, 2.75) is 34.8 Å². The zero-order chi connectivity index (χ0) is 29.0. The van der Waals surface area contributed by atoms with Gasteiger partial charge >= 0.3 is 11.9 Å². The molecule has 2 aromatic rings. The zero-order valence-corrected chi connectivity index (χ0v) is 23.0. The molecule has 2 aromatic carbocycles. The third-order valence-electron chi connectivity index (χ3n) is 5.78. The van der Waals surface area contributed by atoms with Crippen molar-refractivity contribution < 1.29 is 35.9 Å². The molecule has 0 saturated heterocycles. The van der Waals surface area contributed by atoms with Crippen LogP contribution >= 0.6 is 0 Å². The standard InChI is InChI=1S/C28H24N2O8S2/c1-21(31)37-27(17-13-23(14-18-27)29-39(33,34)25-9-5-3-6-10-25)28(38-22(2)32)19-15-24(16-20-28)30-40(35,36)26-11-7-4-8-12-26/h3-20H,1-2H3. The van der Waals surface area contributed by atoms with Gasteiger partial charge in [0.25, 0.3) is 20.0 Å². The Balaban J connectivity index is 1.74. The number of esters is 2. The van der Waals surface area contributed by atoms with E-state index >= 15 is 0 Å². The molecule has 0 bridgehead atoms. The Morgan fingerprint density at radius 3 is 1.15 bits per heavy atom. The number of hydrogen-bond donors (Lipinski definition) is 0. The number of sulfonamides is 2. The van der Waals surface area contributed by atoms with Gasteiger partial charge in [0.2, 0.25) is 0 Å². The van der Waals surface area contributed by atoms with Crippen molar-refractivity contribution in [2.75, 3.05) is 0 Å². The van der Waals surface area contributed by atoms with E-state index in [1.807, 2.05) is 0 Å². The van der Waals surface area contributed by atoms with Crippen molar-refractivity contribution in [3.8, 4) is 0 Å². The molecule has 4 rings (SSSR count). The van der Waals surface area contributed by atoms with Crippen molar-refractivity contribution in [2.24, 2.45) is 8.80 Å². The molecule has 2 aliphatic rings.